The van der Waals surface area contributed by atoms with E-state index in [2.05, 4.69) is 36.3 Å². The molecule has 1 saturated heterocycles. The number of nitrogens with one attached hydrogen (secondary N) is 2. The molecule has 0 aromatic carbocycles. The summed E-state index contributed by atoms with van der Waals surface area (Å²) in [5, 5.41) is 6.37. The van der Waals surface area contributed by atoms with E-state index in [9.17, 15) is 4.79 Å². The molecule has 1 amide bonds. The largest absolute Gasteiger partial charge is 0.356 e. The highest BCUT2D eigenvalue weighted by Gasteiger charge is 2.23. The topological polar surface area (TPSA) is 44.4 Å². The average Bonchev–Trinajstić information content (AvgIpc) is 2.75. The normalized spacial score (nSPS) is 21.1. The van der Waals surface area contributed by atoms with Crippen molar-refractivity contribution < 1.29 is 4.79 Å². The average molecular weight is 241 g/mol. The summed E-state index contributed by atoms with van der Waals surface area (Å²) in [5.74, 6) is 0.165. The van der Waals surface area contributed by atoms with Gasteiger partial charge in [-0.3, -0.25) is 9.69 Å². The van der Waals surface area contributed by atoms with Gasteiger partial charge in [-0.15, -0.1) is 0 Å². The van der Waals surface area contributed by atoms with Gasteiger partial charge in [-0.1, -0.05) is 6.92 Å². The third-order valence-corrected chi connectivity index (χ3v) is 3.31. The summed E-state index contributed by atoms with van der Waals surface area (Å²) in [6.45, 7) is 10.4. The maximum absolute atomic E-state index is 11.4. The van der Waals surface area contributed by atoms with Crippen LogP contribution in [0, 0.1) is 0 Å². The molecule has 1 aliphatic heterocycles. The van der Waals surface area contributed by atoms with Gasteiger partial charge in [-0.2, -0.15) is 0 Å². The molecule has 100 valence electrons. The molecule has 2 N–H and O–H groups in total. The van der Waals surface area contributed by atoms with E-state index >= 15 is 0 Å². The molecule has 1 atom stereocenters. The summed E-state index contributed by atoms with van der Waals surface area (Å²) in [6.07, 6.45) is 2.80. The SMILES string of the molecule is CCCNC(=O)CCNC1CCN(C(C)C)C1. The minimum absolute atomic E-state index is 0.165. The van der Waals surface area contributed by atoms with Gasteiger partial charge in [0.05, 0.1) is 0 Å². The first-order chi connectivity index (χ1) is 8.13. The lowest BCUT2D eigenvalue weighted by Crippen LogP contribution is -2.37. The second-order valence-corrected chi connectivity index (χ2v) is 5.13. The molecule has 0 spiro atoms. The molecule has 17 heavy (non-hydrogen) atoms. The summed E-state index contributed by atoms with van der Waals surface area (Å²) in [6, 6.07) is 1.20. The van der Waals surface area contributed by atoms with Crippen LogP contribution in [0.2, 0.25) is 0 Å². The van der Waals surface area contributed by atoms with Crippen LogP contribution in [0.15, 0.2) is 0 Å². The Kier molecular flexibility index (Phi) is 6.52. The number of carbonyl (C=O) groups is 1. The van der Waals surface area contributed by atoms with E-state index in [4.69, 9.17) is 0 Å². The Morgan fingerprint density at radius 2 is 2.18 bits per heavy atom. The van der Waals surface area contributed by atoms with Crippen molar-refractivity contribution in [1.82, 2.24) is 15.5 Å². The number of carbonyl (C=O) groups excluding carboxylic acids is 1. The summed E-state index contributed by atoms with van der Waals surface area (Å²) < 4.78 is 0. The standard InChI is InChI=1S/C13H27N3O/c1-4-7-15-13(17)5-8-14-12-6-9-16(10-12)11(2)3/h11-12,14H,4-10H2,1-3H3,(H,15,17). The summed E-state index contributed by atoms with van der Waals surface area (Å²) in [5.41, 5.74) is 0. The van der Waals surface area contributed by atoms with E-state index in [-0.39, 0.29) is 5.91 Å². The minimum atomic E-state index is 0.165. The molecule has 1 heterocycles. The number of hydrogen-bond acceptors (Lipinski definition) is 3. The van der Waals surface area contributed by atoms with Crippen molar-refractivity contribution in [2.24, 2.45) is 0 Å². The highest BCUT2D eigenvalue weighted by atomic mass is 16.1. The first-order valence-corrected chi connectivity index (χ1v) is 6.87. The molecule has 0 bridgehead atoms. The van der Waals surface area contributed by atoms with Crippen molar-refractivity contribution in [3.63, 3.8) is 0 Å². The van der Waals surface area contributed by atoms with E-state index in [1.54, 1.807) is 0 Å². The molecular formula is C13H27N3O. The molecule has 0 aromatic rings. The summed E-state index contributed by atoms with van der Waals surface area (Å²) in [4.78, 5) is 13.9. The van der Waals surface area contributed by atoms with Gasteiger partial charge in [0.15, 0.2) is 0 Å². The van der Waals surface area contributed by atoms with Crippen molar-refractivity contribution in [1.29, 1.82) is 0 Å². The number of nitrogens with zero attached hydrogens (tertiary/aromatic N) is 1. The van der Waals surface area contributed by atoms with Crippen LogP contribution in [0.5, 0.6) is 0 Å². The molecular weight excluding hydrogens is 214 g/mol. The van der Waals surface area contributed by atoms with Crippen LogP contribution >= 0.6 is 0 Å². The molecule has 0 saturated carbocycles. The van der Waals surface area contributed by atoms with Crippen molar-refractivity contribution in [3.8, 4) is 0 Å². The van der Waals surface area contributed by atoms with Crippen LogP contribution in [0.1, 0.15) is 40.0 Å². The van der Waals surface area contributed by atoms with E-state index in [1.807, 2.05) is 0 Å². The zero-order valence-corrected chi connectivity index (χ0v) is 11.5. The Bertz CT molecular complexity index is 231. The van der Waals surface area contributed by atoms with E-state index < -0.39 is 0 Å². The Balaban J connectivity index is 2.06. The maximum atomic E-state index is 11.4. The highest BCUT2D eigenvalue weighted by molar-refractivity contribution is 5.75. The summed E-state index contributed by atoms with van der Waals surface area (Å²) in [7, 11) is 0. The number of hydrogen-bond donors (Lipinski definition) is 2. The Hall–Kier alpha value is -0.610. The first kappa shape index (κ1) is 14.5. The third-order valence-electron chi connectivity index (χ3n) is 3.31. The number of amides is 1. The van der Waals surface area contributed by atoms with Gasteiger partial charge < -0.3 is 10.6 Å². The lowest BCUT2D eigenvalue weighted by molar-refractivity contribution is -0.121. The van der Waals surface area contributed by atoms with Crippen LogP contribution in [-0.4, -0.2) is 49.1 Å². The molecule has 1 fully saturated rings. The van der Waals surface area contributed by atoms with E-state index in [0.717, 1.165) is 26.1 Å². The van der Waals surface area contributed by atoms with Crippen LogP contribution < -0.4 is 10.6 Å². The van der Waals surface area contributed by atoms with Gasteiger partial charge >= 0.3 is 0 Å². The smallest absolute Gasteiger partial charge is 0.221 e. The van der Waals surface area contributed by atoms with Crippen LogP contribution in [-0.2, 0) is 4.79 Å². The lowest BCUT2D eigenvalue weighted by atomic mass is 10.2. The molecule has 0 aliphatic carbocycles. The second-order valence-electron chi connectivity index (χ2n) is 5.13. The Morgan fingerprint density at radius 3 is 2.76 bits per heavy atom. The van der Waals surface area contributed by atoms with Crippen LogP contribution in [0.25, 0.3) is 0 Å². The van der Waals surface area contributed by atoms with Gasteiger partial charge in [0.1, 0.15) is 0 Å². The fourth-order valence-electron chi connectivity index (χ4n) is 2.17. The molecule has 0 aromatic heterocycles. The molecule has 1 unspecified atom stereocenters. The zero-order valence-electron chi connectivity index (χ0n) is 11.5. The second kappa shape index (κ2) is 7.67. The Morgan fingerprint density at radius 1 is 1.41 bits per heavy atom. The molecule has 4 heteroatoms. The lowest BCUT2D eigenvalue weighted by Gasteiger charge is -2.20. The van der Waals surface area contributed by atoms with Crippen molar-refractivity contribution in [3.05, 3.63) is 0 Å². The zero-order chi connectivity index (χ0) is 12.7. The predicted molar refractivity (Wildman–Crippen MR) is 71.0 cm³/mol. The van der Waals surface area contributed by atoms with Crippen LogP contribution in [0.3, 0.4) is 0 Å². The van der Waals surface area contributed by atoms with Crippen molar-refractivity contribution in [2.45, 2.75) is 52.1 Å². The molecule has 1 aliphatic rings. The highest BCUT2D eigenvalue weighted by Crippen LogP contribution is 2.11. The first-order valence-electron chi connectivity index (χ1n) is 6.87. The predicted octanol–water partition coefficient (Wildman–Crippen LogP) is 0.975. The maximum Gasteiger partial charge on any atom is 0.221 e. The number of likely N-dealkylation sites (tertiary alicyclic amines) is 1. The fraction of sp³-hybridized carbons (Fsp3) is 0.923. The van der Waals surface area contributed by atoms with Crippen LogP contribution in [0.4, 0.5) is 0 Å². The van der Waals surface area contributed by atoms with Gasteiger partial charge in [0.2, 0.25) is 5.91 Å². The van der Waals surface area contributed by atoms with Gasteiger partial charge in [-0.25, -0.2) is 0 Å². The van der Waals surface area contributed by atoms with Gasteiger partial charge in [0.25, 0.3) is 0 Å². The molecule has 0 radical (unpaired) electrons. The molecule has 1 rings (SSSR count). The summed E-state index contributed by atoms with van der Waals surface area (Å²) >= 11 is 0. The minimum Gasteiger partial charge on any atom is -0.356 e. The Labute approximate surface area is 105 Å². The van der Waals surface area contributed by atoms with Crippen molar-refractivity contribution >= 4 is 5.91 Å². The van der Waals surface area contributed by atoms with E-state index in [0.29, 0.717) is 18.5 Å². The third kappa shape index (κ3) is 5.50. The number of rotatable bonds is 7. The van der Waals surface area contributed by atoms with Gasteiger partial charge in [-0.05, 0) is 33.2 Å². The van der Waals surface area contributed by atoms with Gasteiger partial charge in [0, 0.05) is 38.1 Å². The monoisotopic (exact) mass is 241 g/mol. The van der Waals surface area contributed by atoms with Crippen molar-refractivity contribution in [2.75, 3.05) is 26.2 Å². The fourth-order valence-corrected chi connectivity index (χ4v) is 2.17. The van der Waals surface area contributed by atoms with E-state index in [1.165, 1.54) is 13.0 Å². The molecule has 4 nitrogen and oxygen atoms in total. The quantitative estimate of drug-likeness (QED) is 0.698.